The Morgan fingerprint density at radius 2 is 1.31 bits per heavy atom. The van der Waals surface area contributed by atoms with E-state index in [9.17, 15) is 22.8 Å². The Morgan fingerprint density at radius 3 is 1.90 bits per heavy atom. The summed E-state index contributed by atoms with van der Waals surface area (Å²) in [6, 6.07) is 30.0. The van der Waals surface area contributed by atoms with E-state index in [1.807, 2.05) is 70.5 Å². The second-order valence-corrected chi connectivity index (χ2v) is 11.8. The number of carbonyl (C=O) groups is 2. The summed E-state index contributed by atoms with van der Waals surface area (Å²) in [5, 5.41) is 0. The van der Waals surface area contributed by atoms with Gasteiger partial charge in [0.25, 0.3) is 0 Å². The lowest BCUT2D eigenvalue weighted by Gasteiger charge is -2.32. The fraction of sp³-hybridized carbons (Fsp3) is 0.300. The fourth-order valence-corrected chi connectivity index (χ4v) is 5.65. The molecule has 0 unspecified atom stereocenters. The molecular weight excluding hydrogens is 611 g/mol. The topological polar surface area (TPSA) is 43.9 Å². The summed E-state index contributed by atoms with van der Waals surface area (Å²) < 4.78 is 39.1. The third-order valence-corrected chi connectivity index (χ3v) is 8.60. The SMILES string of the molecule is C=C(CCc1ccccc1)N(CC(=O)N(CCN(CC)CC)Cc1ccc(-c2ccc(C(F)(F)F)cc2)cc1)c1ccccc1C(C)=O. The van der Waals surface area contributed by atoms with Gasteiger partial charge in [-0.1, -0.05) is 99.3 Å². The summed E-state index contributed by atoms with van der Waals surface area (Å²) in [4.78, 5) is 32.9. The number of nitrogens with zero attached hydrogens (tertiary/aromatic N) is 3. The minimum absolute atomic E-state index is 0.0137. The minimum atomic E-state index is -4.39. The first-order valence-corrected chi connectivity index (χ1v) is 16.4. The molecule has 0 N–H and O–H groups in total. The summed E-state index contributed by atoms with van der Waals surface area (Å²) in [7, 11) is 0. The summed E-state index contributed by atoms with van der Waals surface area (Å²) in [5.74, 6) is -0.196. The first-order valence-electron chi connectivity index (χ1n) is 16.4. The number of alkyl halides is 3. The first kappa shape index (κ1) is 36.2. The van der Waals surface area contributed by atoms with Gasteiger partial charge in [-0.2, -0.15) is 13.2 Å². The number of hydrogen-bond acceptors (Lipinski definition) is 4. The summed E-state index contributed by atoms with van der Waals surface area (Å²) in [5.41, 5.74) is 4.76. The molecule has 0 spiro atoms. The Hall–Kier alpha value is -4.69. The number of rotatable bonds is 16. The summed E-state index contributed by atoms with van der Waals surface area (Å²) in [6.45, 7) is 13.4. The van der Waals surface area contributed by atoms with Crippen LogP contribution in [-0.2, 0) is 23.9 Å². The molecule has 4 aromatic rings. The van der Waals surface area contributed by atoms with E-state index in [2.05, 4.69) is 37.5 Å². The molecule has 8 heteroatoms. The van der Waals surface area contributed by atoms with Crippen molar-refractivity contribution in [2.75, 3.05) is 37.6 Å². The van der Waals surface area contributed by atoms with Crippen molar-refractivity contribution < 1.29 is 22.8 Å². The van der Waals surface area contributed by atoms with Crippen LogP contribution in [0.4, 0.5) is 18.9 Å². The molecule has 0 aliphatic carbocycles. The van der Waals surface area contributed by atoms with Gasteiger partial charge in [-0.3, -0.25) is 9.59 Å². The zero-order chi connectivity index (χ0) is 34.7. The molecule has 0 saturated carbocycles. The monoisotopic (exact) mass is 655 g/mol. The number of halogens is 3. The van der Waals surface area contributed by atoms with Crippen LogP contribution in [0.3, 0.4) is 0 Å². The number of Topliss-reactive ketones (excluding diaryl/α,β-unsaturated/α-hetero) is 1. The van der Waals surface area contributed by atoms with Crippen LogP contribution < -0.4 is 4.90 Å². The number of carbonyl (C=O) groups excluding carboxylic acids is 2. The van der Waals surface area contributed by atoms with E-state index in [1.165, 1.54) is 19.1 Å². The number of ketones is 1. The number of benzene rings is 4. The normalized spacial score (nSPS) is 11.4. The number of para-hydroxylation sites is 1. The van der Waals surface area contributed by atoms with Crippen molar-refractivity contribution in [3.8, 4) is 11.1 Å². The second kappa shape index (κ2) is 16.9. The number of hydrogen-bond donors (Lipinski definition) is 0. The second-order valence-electron chi connectivity index (χ2n) is 11.8. The average molecular weight is 656 g/mol. The van der Waals surface area contributed by atoms with Gasteiger partial charge in [0.1, 0.15) is 6.54 Å². The Balaban J connectivity index is 1.58. The van der Waals surface area contributed by atoms with E-state index in [4.69, 9.17) is 0 Å². The summed E-state index contributed by atoms with van der Waals surface area (Å²) >= 11 is 0. The third kappa shape index (κ3) is 9.91. The van der Waals surface area contributed by atoms with Crippen LogP contribution >= 0.6 is 0 Å². The summed E-state index contributed by atoms with van der Waals surface area (Å²) in [6.07, 6.45) is -3.04. The first-order chi connectivity index (χ1) is 23.0. The number of anilines is 1. The molecule has 1 amide bonds. The molecule has 0 radical (unpaired) electrons. The molecule has 0 aliphatic rings. The van der Waals surface area contributed by atoms with Crippen molar-refractivity contribution in [2.24, 2.45) is 0 Å². The maximum Gasteiger partial charge on any atom is 0.416 e. The molecule has 0 fully saturated rings. The van der Waals surface area contributed by atoms with Gasteiger partial charge >= 0.3 is 6.18 Å². The zero-order valence-electron chi connectivity index (χ0n) is 28.0. The highest BCUT2D eigenvalue weighted by Crippen LogP contribution is 2.31. The Kier molecular flexibility index (Phi) is 12.7. The molecule has 5 nitrogen and oxygen atoms in total. The molecule has 48 heavy (non-hydrogen) atoms. The van der Waals surface area contributed by atoms with Gasteiger partial charge in [0, 0.05) is 30.9 Å². The van der Waals surface area contributed by atoms with Gasteiger partial charge in [0.15, 0.2) is 5.78 Å². The highest BCUT2D eigenvalue weighted by molar-refractivity contribution is 6.00. The maximum absolute atomic E-state index is 14.2. The van der Waals surface area contributed by atoms with E-state index < -0.39 is 11.7 Å². The van der Waals surface area contributed by atoms with Gasteiger partial charge in [-0.25, -0.2) is 0 Å². The zero-order valence-corrected chi connectivity index (χ0v) is 28.0. The molecule has 4 aromatic carbocycles. The van der Waals surface area contributed by atoms with E-state index in [0.29, 0.717) is 42.9 Å². The van der Waals surface area contributed by atoms with Crippen molar-refractivity contribution in [3.05, 3.63) is 138 Å². The molecule has 0 saturated heterocycles. The Morgan fingerprint density at radius 1 is 0.729 bits per heavy atom. The number of likely N-dealkylation sites (N-methyl/N-ethyl adjacent to an activating group) is 1. The molecular formula is C40H44F3N3O2. The van der Waals surface area contributed by atoms with Crippen molar-refractivity contribution >= 4 is 17.4 Å². The molecule has 0 aliphatic heterocycles. The van der Waals surface area contributed by atoms with Gasteiger partial charge in [0.2, 0.25) is 5.91 Å². The largest absolute Gasteiger partial charge is 0.416 e. The quantitative estimate of drug-likeness (QED) is 0.113. The average Bonchev–Trinajstić information content (AvgIpc) is 3.09. The van der Waals surface area contributed by atoms with E-state index in [-0.39, 0.29) is 18.2 Å². The molecule has 0 heterocycles. The van der Waals surface area contributed by atoms with Crippen LogP contribution in [0.2, 0.25) is 0 Å². The molecule has 0 aromatic heterocycles. The number of allylic oxidation sites excluding steroid dienone is 1. The third-order valence-electron chi connectivity index (χ3n) is 8.60. The van der Waals surface area contributed by atoms with Gasteiger partial charge in [-0.15, -0.1) is 0 Å². The Bertz CT molecular complexity index is 1650. The maximum atomic E-state index is 14.2. The Labute approximate surface area is 282 Å². The van der Waals surface area contributed by atoms with E-state index >= 15 is 0 Å². The predicted molar refractivity (Wildman–Crippen MR) is 188 cm³/mol. The van der Waals surface area contributed by atoms with Gasteiger partial charge in [-0.05, 0) is 79.4 Å². The molecule has 0 bridgehead atoms. The van der Waals surface area contributed by atoms with Gasteiger partial charge in [0.05, 0.1) is 11.3 Å². The number of amides is 1. The van der Waals surface area contributed by atoms with Crippen molar-refractivity contribution in [3.63, 3.8) is 0 Å². The molecule has 252 valence electrons. The lowest BCUT2D eigenvalue weighted by atomic mass is 10.0. The lowest BCUT2D eigenvalue weighted by molar-refractivity contribution is -0.137. The van der Waals surface area contributed by atoms with Crippen LogP contribution in [0.15, 0.2) is 115 Å². The highest BCUT2D eigenvalue weighted by atomic mass is 19.4. The van der Waals surface area contributed by atoms with Crippen LogP contribution in [-0.4, -0.2) is 54.2 Å². The van der Waals surface area contributed by atoms with Crippen LogP contribution in [0, 0.1) is 0 Å². The standard InChI is InChI=1S/C40H44F3N3O2/c1-5-44(6-2)26-27-45(28-33-18-20-34(21-19-33)35-22-24-36(25-23-35)40(41,42)43)39(48)29-46(38-15-11-10-14-37(38)31(4)47)30(3)16-17-32-12-8-7-9-13-32/h7-15,18-25H,3,5-6,16-17,26-29H2,1-2,4H3. The number of aryl methyl sites for hydroxylation is 1. The van der Waals surface area contributed by atoms with Crippen molar-refractivity contribution in [1.82, 2.24) is 9.80 Å². The van der Waals surface area contributed by atoms with Gasteiger partial charge < -0.3 is 14.7 Å². The predicted octanol–water partition coefficient (Wildman–Crippen LogP) is 8.90. The fourth-order valence-electron chi connectivity index (χ4n) is 5.65. The van der Waals surface area contributed by atoms with Crippen molar-refractivity contribution in [2.45, 2.75) is 46.3 Å². The van der Waals surface area contributed by atoms with Crippen LogP contribution in [0.5, 0.6) is 0 Å². The smallest absolute Gasteiger partial charge is 0.336 e. The molecule has 4 rings (SSSR count). The van der Waals surface area contributed by atoms with Crippen LogP contribution in [0.25, 0.3) is 11.1 Å². The van der Waals surface area contributed by atoms with E-state index in [1.54, 1.807) is 6.07 Å². The van der Waals surface area contributed by atoms with E-state index in [0.717, 1.165) is 54.0 Å². The lowest BCUT2D eigenvalue weighted by Crippen LogP contribution is -2.43. The minimum Gasteiger partial charge on any atom is -0.336 e. The van der Waals surface area contributed by atoms with Crippen molar-refractivity contribution in [1.29, 1.82) is 0 Å². The molecule has 0 atom stereocenters. The highest BCUT2D eigenvalue weighted by Gasteiger charge is 2.30. The van der Waals surface area contributed by atoms with Crippen LogP contribution in [0.1, 0.15) is 54.2 Å².